The van der Waals surface area contributed by atoms with E-state index in [1.807, 2.05) is 0 Å². The summed E-state index contributed by atoms with van der Waals surface area (Å²) in [6.45, 7) is 4.68. The van der Waals surface area contributed by atoms with Gasteiger partial charge in [-0.25, -0.2) is 4.39 Å². The van der Waals surface area contributed by atoms with Crippen molar-refractivity contribution in [2.24, 2.45) is 0 Å². The van der Waals surface area contributed by atoms with Gasteiger partial charge in [-0.3, -0.25) is 4.79 Å². The van der Waals surface area contributed by atoms with Gasteiger partial charge in [-0.05, 0) is 13.8 Å². The van der Waals surface area contributed by atoms with Gasteiger partial charge in [0.05, 0.1) is 0 Å². The summed E-state index contributed by atoms with van der Waals surface area (Å²) in [5, 5.41) is 0. The standard InChI is InChI=1S/C9H17FO4/c1-4-12-9(13-5-2)8(6-10)14-7(3)11/h8-9H,4-6H2,1-3H3. The Hall–Kier alpha value is -0.680. The minimum atomic E-state index is -0.979. The number of esters is 1. The van der Waals surface area contributed by atoms with Gasteiger partial charge in [-0.2, -0.15) is 0 Å². The molecular formula is C9H17FO4. The molecule has 0 saturated heterocycles. The zero-order valence-electron chi connectivity index (χ0n) is 8.79. The number of hydrogen-bond acceptors (Lipinski definition) is 4. The third-order valence-electron chi connectivity index (χ3n) is 1.43. The summed E-state index contributed by atoms with van der Waals surface area (Å²) in [6.07, 6.45) is -1.80. The highest BCUT2D eigenvalue weighted by Gasteiger charge is 2.25. The Labute approximate surface area is 83.3 Å². The van der Waals surface area contributed by atoms with Crippen LogP contribution in [0.4, 0.5) is 4.39 Å². The lowest BCUT2D eigenvalue weighted by Crippen LogP contribution is -2.37. The van der Waals surface area contributed by atoms with Gasteiger partial charge in [-0.15, -0.1) is 0 Å². The van der Waals surface area contributed by atoms with E-state index in [1.165, 1.54) is 6.92 Å². The molecule has 0 radical (unpaired) electrons. The maximum atomic E-state index is 12.5. The Morgan fingerprint density at radius 3 is 2.07 bits per heavy atom. The molecule has 0 fully saturated rings. The zero-order valence-corrected chi connectivity index (χ0v) is 8.79. The van der Waals surface area contributed by atoms with Crippen molar-refractivity contribution in [3.63, 3.8) is 0 Å². The second-order valence-corrected chi connectivity index (χ2v) is 2.58. The zero-order chi connectivity index (χ0) is 11.0. The molecule has 0 spiro atoms. The second kappa shape index (κ2) is 7.70. The summed E-state index contributed by atoms with van der Waals surface area (Å²) >= 11 is 0. The molecule has 0 saturated carbocycles. The monoisotopic (exact) mass is 208 g/mol. The van der Waals surface area contributed by atoms with E-state index in [1.54, 1.807) is 13.8 Å². The van der Waals surface area contributed by atoms with Crippen LogP contribution >= 0.6 is 0 Å². The molecule has 0 aliphatic heterocycles. The highest BCUT2D eigenvalue weighted by atomic mass is 19.1. The fourth-order valence-electron chi connectivity index (χ4n) is 0.964. The topological polar surface area (TPSA) is 44.8 Å². The molecule has 84 valence electrons. The van der Waals surface area contributed by atoms with Gasteiger partial charge < -0.3 is 14.2 Å². The summed E-state index contributed by atoms with van der Waals surface area (Å²) in [6, 6.07) is 0. The molecular weight excluding hydrogens is 191 g/mol. The highest BCUT2D eigenvalue weighted by molar-refractivity contribution is 5.66. The van der Waals surface area contributed by atoms with Gasteiger partial charge in [0.15, 0.2) is 12.4 Å². The van der Waals surface area contributed by atoms with Crippen LogP contribution < -0.4 is 0 Å². The van der Waals surface area contributed by atoms with Gasteiger partial charge in [0, 0.05) is 20.1 Å². The van der Waals surface area contributed by atoms with Crippen LogP contribution in [0.5, 0.6) is 0 Å². The summed E-state index contributed by atoms with van der Waals surface area (Å²) in [5.41, 5.74) is 0. The number of rotatable bonds is 7. The summed E-state index contributed by atoms with van der Waals surface area (Å²) < 4.78 is 27.4. The van der Waals surface area contributed by atoms with Gasteiger partial charge in [-0.1, -0.05) is 0 Å². The predicted molar refractivity (Wildman–Crippen MR) is 48.6 cm³/mol. The van der Waals surface area contributed by atoms with Crippen molar-refractivity contribution >= 4 is 5.97 Å². The minimum Gasteiger partial charge on any atom is -0.454 e. The van der Waals surface area contributed by atoms with E-state index in [0.29, 0.717) is 13.2 Å². The number of carbonyl (C=O) groups is 1. The molecule has 14 heavy (non-hydrogen) atoms. The van der Waals surface area contributed by atoms with Crippen LogP contribution in [-0.2, 0) is 19.0 Å². The first-order chi connectivity index (χ1) is 6.65. The Kier molecular flexibility index (Phi) is 7.32. The SMILES string of the molecule is CCOC(OCC)C(CF)OC(C)=O. The predicted octanol–water partition coefficient (Wildman–Crippen LogP) is 1.29. The van der Waals surface area contributed by atoms with Crippen molar-refractivity contribution in [1.29, 1.82) is 0 Å². The van der Waals surface area contributed by atoms with E-state index in [9.17, 15) is 9.18 Å². The van der Waals surface area contributed by atoms with Crippen LogP contribution in [-0.4, -0.2) is 38.3 Å². The molecule has 0 aromatic heterocycles. The average Bonchev–Trinajstić information content (AvgIpc) is 2.13. The lowest BCUT2D eigenvalue weighted by atomic mass is 10.3. The van der Waals surface area contributed by atoms with E-state index in [-0.39, 0.29) is 0 Å². The molecule has 0 heterocycles. The van der Waals surface area contributed by atoms with E-state index < -0.39 is 25.0 Å². The van der Waals surface area contributed by atoms with E-state index in [2.05, 4.69) is 0 Å². The number of halogens is 1. The fraction of sp³-hybridized carbons (Fsp3) is 0.889. The lowest BCUT2D eigenvalue weighted by Gasteiger charge is -2.23. The van der Waals surface area contributed by atoms with E-state index >= 15 is 0 Å². The van der Waals surface area contributed by atoms with Crippen molar-refractivity contribution < 1.29 is 23.4 Å². The van der Waals surface area contributed by atoms with Crippen molar-refractivity contribution in [3.05, 3.63) is 0 Å². The maximum absolute atomic E-state index is 12.5. The number of hydrogen-bond donors (Lipinski definition) is 0. The summed E-state index contributed by atoms with van der Waals surface area (Å²) in [4.78, 5) is 10.6. The Bertz CT molecular complexity index is 157. The maximum Gasteiger partial charge on any atom is 0.303 e. The molecule has 0 aromatic carbocycles. The molecule has 0 aromatic rings. The van der Waals surface area contributed by atoms with Gasteiger partial charge >= 0.3 is 5.97 Å². The van der Waals surface area contributed by atoms with Crippen molar-refractivity contribution in [3.8, 4) is 0 Å². The number of alkyl halides is 1. The van der Waals surface area contributed by atoms with Gasteiger partial charge in [0.2, 0.25) is 0 Å². The normalized spacial score (nSPS) is 12.9. The first-order valence-corrected chi connectivity index (χ1v) is 4.62. The molecule has 0 bridgehead atoms. The molecule has 0 amide bonds. The third-order valence-corrected chi connectivity index (χ3v) is 1.43. The summed E-state index contributed by atoms with van der Waals surface area (Å²) in [7, 11) is 0. The molecule has 1 unspecified atom stereocenters. The first kappa shape index (κ1) is 13.3. The van der Waals surface area contributed by atoms with Crippen LogP contribution in [0.2, 0.25) is 0 Å². The van der Waals surface area contributed by atoms with Crippen LogP contribution in [0.25, 0.3) is 0 Å². The van der Waals surface area contributed by atoms with Gasteiger partial charge in [0.25, 0.3) is 0 Å². The van der Waals surface area contributed by atoms with Crippen LogP contribution in [0.1, 0.15) is 20.8 Å². The van der Waals surface area contributed by atoms with Crippen molar-refractivity contribution in [1.82, 2.24) is 0 Å². The lowest BCUT2D eigenvalue weighted by molar-refractivity contribution is -0.208. The van der Waals surface area contributed by atoms with Crippen LogP contribution in [0.3, 0.4) is 0 Å². The van der Waals surface area contributed by atoms with E-state index in [0.717, 1.165) is 0 Å². The van der Waals surface area contributed by atoms with Crippen molar-refractivity contribution in [2.45, 2.75) is 33.2 Å². The quantitative estimate of drug-likeness (QED) is 0.467. The third kappa shape index (κ3) is 5.14. The molecule has 4 nitrogen and oxygen atoms in total. The fourth-order valence-corrected chi connectivity index (χ4v) is 0.964. The Morgan fingerprint density at radius 1 is 1.29 bits per heavy atom. The number of carbonyl (C=O) groups excluding carboxylic acids is 1. The van der Waals surface area contributed by atoms with Crippen molar-refractivity contribution in [2.75, 3.05) is 19.9 Å². The molecule has 0 aliphatic carbocycles. The molecule has 0 N–H and O–H groups in total. The number of ether oxygens (including phenoxy) is 3. The average molecular weight is 208 g/mol. The Balaban J connectivity index is 4.16. The largest absolute Gasteiger partial charge is 0.454 e. The molecule has 0 aliphatic rings. The van der Waals surface area contributed by atoms with Crippen LogP contribution in [0.15, 0.2) is 0 Å². The van der Waals surface area contributed by atoms with Crippen LogP contribution in [0, 0.1) is 0 Å². The Morgan fingerprint density at radius 2 is 1.79 bits per heavy atom. The molecule has 0 rings (SSSR count). The minimum absolute atomic E-state index is 0.377. The summed E-state index contributed by atoms with van der Waals surface area (Å²) in [5.74, 6) is -0.544. The molecule has 5 heteroatoms. The highest BCUT2D eigenvalue weighted by Crippen LogP contribution is 2.07. The van der Waals surface area contributed by atoms with Gasteiger partial charge in [0.1, 0.15) is 6.67 Å². The van der Waals surface area contributed by atoms with E-state index in [4.69, 9.17) is 14.2 Å². The smallest absolute Gasteiger partial charge is 0.303 e. The first-order valence-electron chi connectivity index (χ1n) is 4.62. The molecule has 1 atom stereocenters. The second-order valence-electron chi connectivity index (χ2n) is 2.58.